The third-order valence-corrected chi connectivity index (χ3v) is 2.99. The Morgan fingerprint density at radius 1 is 1.33 bits per heavy atom. The minimum atomic E-state index is -0.818. The van der Waals surface area contributed by atoms with Crippen LogP contribution in [0.3, 0.4) is 0 Å². The molecule has 0 fully saturated rings. The SMILES string of the molecule is Cc1cc(NC(=O)c2ccn(COc3ccc(F)cc3F)n2)no1. The molecule has 0 aliphatic rings. The fraction of sp³-hybridized carbons (Fsp3) is 0.133. The van der Waals surface area contributed by atoms with Gasteiger partial charge in [0, 0.05) is 18.3 Å². The third kappa shape index (κ3) is 3.57. The molecule has 1 amide bonds. The van der Waals surface area contributed by atoms with Crippen molar-refractivity contribution >= 4 is 11.7 Å². The second kappa shape index (κ2) is 6.49. The molecule has 2 heterocycles. The zero-order valence-electron chi connectivity index (χ0n) is 12.5. The predicted molar refractivity (Wildman–Crippen MR) is 78.4 cm³/mol. The van der Waals surface area contributed by atoms with E-state index in [2.05, 4.69) is 15.6 Å². The van der Waals surface area contributed by atoms with E-state index < -0.39 is 17.5 Å². The summed E-state index contributed by atoms with van der Waals surface area (Å²) in [4.78, 5) is 12.0. The second-order valence-corrected chi connectivity index (χ2v) is 4.87. The molecule has 0 aliphatic heterocycles. The molecule has 0 saturated heterocycles. The smallest absolute Gasteiger partial charge is 0.277 e. The number of halogens is 2. The second-order valence-electron chi connectivity index (χ2n) is 4.87. The van der Waals surface area contributed by atoms with E-state index in [0.717, 1.165) is 12.1 Å². The van der Waals surface area contributed by atoms with Crippen LogP contribution in [-0.4, -0.2) is 20.8 Å². The summed E-state index contributed by atoms with van der Waals surface area (Å²) in [6.45, 7) is 1.56. The Kier molecular flexibility index (Phi) is 4.23. The summed E-state index contributed by atoms with van der Waals surface area (Å²) in [6, 6.07) is 6.01. The molecular formula is C15H12F2N4O3. The largest absolute Gasteiger partial charge is 0.468 e. The van der Waals surface area contributed by atoms with Crippen molar-refractivity contribution in [3.63, 3.8) is 0 Å². The summed E-state index contributed by atoms with van der Waals surface area (Å²) in [6.07, 6.45) is 1.49. The molecule has 0 atom stereocenters. The van der Waals surface area contributed by atoms with E-state index in [1.165, 1.54) is 23.0 Å². The van der Waals surface area contributed by atoms with Crippen molar-refractivity contribution in [2.45, 2.75) is 13.7 Å². The number of carbonyl (C=O) groups is 1. The number of aromatic nitrogens is 3. The molecule has 124 valence electrons. The molecule has 9 heteroatoms. The van der Waals surface area contributed by atoms with Gasteiger partial charge in [0.05, 0.1) is 0 Å². The zero-order valence-corrected chi connectivity index (χ0v) is 12.5. The van der Waals surface area contributed by atoms with Gasteiger partial charge in [0.15, 0.2) is 29.8 Å². The van der Waals surface area contributed by atoms with Gasteiger partial charge in [-0.2, -0.15) is 5.10 Å². The fourth-order valence-electron chi connectivity index (χ4n) is 1.89. The maximum Gasteiger partial charge on any atom is 0.277 e. The van der Waals surface area contributed by atoms with E-state index >= 15 is 0 Å². The molecule has 1 N–H and O–H groups in total. The molecule has 0 spiro atoms. The van der Waals surface area contributed by atoms with Gasteiger partial charge in [-0.3, -0.25) is 4.79 Å². The highest BCUT2D eigenvalue weighted by molar-refractivity contribution is 6.02. The van der Waals surface area contributed by atoms with Crippen molar-refractivity contribution in [1.82, 2.24) is 14.9 Å². The summed E-state index contributed by atoms with van der Waals surface area (Å²) in [5, 5.41) is 10.2. The third-order valence-electron chi connectivity index (χ3n) is 2.99. The number of anilines is 1. The predicted octanol–water partition coefficient (Wildman–Crippen LogP) is 2.75. The Morgan fingerprint density at radius 2 is 2.17 bits per heavy atom. The van der Waals surface area contributed by atoms with Crippen LogP contribution >= 0.6 is 0 Å². The molecule has 24 heavy (non-hydrogen) atoms. The average molecular weight is 334 g/mol. The Morgan fingerprint density at radius 3 is 2.88 bits per heavy atom. The van der Waals surface area contributed by atoms with Crippen LogP contribution in [0.15, 0.2) is 41.1 Å². The normalized spacial score (nSPS) is 10.6. The van der Waals surface area contributed by atoms with Gasteiger partial charge in [-0.25, -0.2) is 13.5 Å². The Hall–Kier alpha value is -3.23. The van der Waals surface area contributed by atoms with E-state index in [1.807, 2.05) is 0 Å². The first-order valence-electron chi connectivity index (χ1n) is 6.87. The molecule has 1 aromatic carbocycles. The fourth-order valence-corrected chi connectivity index (χ4v) is 1.89. The lowest BCUT2D eigenvalue weighted by Gasteiger charge is -2.07. The maximum atomic E-state index is 13.5. The van der Waals surface area contributed by atoms with Crippen LogP contribution in [0.1, 0.15) is 16.2 Å². The number of amides is 1. The van der Waals surface area contributed by atoms with Gasteiger partial charge in [-0.1, -0.05) is 5.16 Å². The molecule has 3 rings (SSSR count). The van der Waals surface area contributed by atoms with Crippen LogP contribution in [0.25, 0.3) is 0 Å². The topological polar surface area (TPSA) is 82.2 Å². The van der Waals surface area contributed by atoms with Crippen molar-refractivity contribution in [2.24, 2.45) is 0 Å². The summed E-state index contributed by atoms with van der Waals surface area (Å²) < 4.78 is 37.6. The number of aryl methyl sites for hydroxylation is 1. The minimum Gasteiger partial charge on any atom is -0.468 e. The highest BCUT2D eigenvalue weighted by atomic mass is 19.1. The molecule has 3 aromatic rings. The number of nitrogens with one attached hydrogen (secondary N) is 1. The number of nitrogens with zero attached hydrogens (tertiary/aromatic N) is 3. The van der Waals surface area contributed by atoms with Gasteiger partial charge < -0.3 is 14.6 Å². The van der Waals surface area contributed by atoms with E-state index in [1.54, 1.807) is 13.0 Å². The van der Waals surface area contributed by atoms with Crippen molar-refractivity contribution in [1.29, 1.82) is 0 Å². The number of ether oxygens (including phenoxy) is 1. The van der Waals surface area contributed by atoms with Crippen LogP contribution in [0, 0.1) is 18.6 Å². The molecule has 2 aromatic heterocycles. The van der Waals surface area contributed by atoms with E-state index in [-0.39, 0.29) is 24.0 Å². The lowest BCUT2D eigenvalue weighted by Crippen LogP contribution is -2.14. The maximum absolute atomic E-state index is 13.5. The number of rotatable bonds is 5. The van der Waals surface area contributed by atoms with Gasteiger partial charge in [0.1, 0.15) is 11.6 Å². The van der Waals surface area contributed by atoms with Crippen molar-refractivity contribution in [3.8, 4) is 5.75 Å². The van der Waals surface area contributed by atoms with Crippen molar-refractivity contribution < 1.29 is 22.8 Å². The Bertz CT molecular complexity index is 875. The van der Waals surface area contributed by atoms with Gasteiger partial charge in [-0.05, 0) is 25.1 Å². The molecule has 0 bridgehead atoms. The molecule has 0 radical (unpaired) electrons. The molecule has 0 saturated carbocycles. The van der Waals surface area contributed by atoms with Crippen molar-refractivity contribution in [3.05, 3.63) is 59.6 Å². The summed E-state index contributed by atoms with van der Waals surface area (Å²) in [5.74, 6) is -1.27. The standard InChI is InChI=1S/C15H12F2N4O3/c1-9-6-14(20-24-9)18-15(22)12-4-5-21(19-12)8-23-13-3-2-10(16)7-11(13)17/h2-7H,8H2,1H3,(H,18,20,22). The summed E-state index contributed by atoms with van der Waals surface area (Å²) >= 11 is 0. The first-order chi connectivity index (χ1) is 11.5. The van der Waals surface area contributed by atoms with Gasteiger partial charge in [0.2, 0.25) is 0 Å². The number of hydrogen-bond acceptors (Lipinski definition) is 5. The quantitative estimate of drug-likeness (QED) is 0.776. The van der Waals surface area contributed by atoms with Gasteiger partial charge in [-0.15, -0.1) is 0 Å². The number of carbonyl (C=O) groups excluding carboxylic acids is 1. The van der Waals surface area contributed by atoms with Gasteiger partial charge >= 0.3 is 0 Å². The number of benzene rings is 1. The van der Waals surface area contributed by atoms with Crippen LogP contribution in [0.4, 0.5) is 14.6 Å². The summed E-state index contributed by atoms with van der Waals surface area (Å²) in [5.41, 5.74) is 0.124. The Balaban J connectivity index is 1.61. The first kappa shape index (κ1) is 15.7. The van der Waals surface area contributed by atoms with Crippen LogP contribution in [0.2, 0.25) is 0 Å². The molecular weight excluding hydrogens is 322 g/mol. The average Bonchev–Trinajstić information content (AvgIpc) is 3.15. The minimum absolute atomic E-state index is 0.115. The van der Waals surface area contributed by atoms with Crippen molar-refractivity contribution in [2.75, 3.05) is 5.32 Å². The lowest BCUT2D eigenvalue weighted by molar-refractivity contribution is 0.101. The highest BCUT2D eigenvalue weighted by Gasteiger charge is 2.12. The van der Waals surface area contributed by atoms with Gasteiger partial charge in [0.25, 0.3) is 5.91 Å². The molecule has 0 aliphatic carbocycles. The highest BCUT2D eigenvalue weighted by Crippen LogP contribution is 2.18. The van der Waals surface area contributed by atoms with Crippen LogP contribution in [-0.2, 0) is 6.73 Å². The Labute approximate surface area is 134 Å². The van der Waals surface area contributed by atoms with E-state index in [0.29, 0.717) is 5.76 Å². The lowest BCUT2D eigenvalue weighted by atomic mass is 10.3. The summed E-state index contributed by atoms with van der Waals surface area (Å²) in [7, 11) is 0. The van der Waals surface area contributed by atoms with E-state index in [4.69, 9.17) is 9.26 Å². The zero-order chi connectivity index (χ0) is 17.1. The first-order valence-corrected chi connectivity index (χ1v) is 6.87. The number of hydrogen-bond donors (Lipinski definition) is 1. The van der Waals surface area contributed by atoms with E-state index in [9.17, 15) is 13.6 Å². The monoisotopic (exact) mass is 334 g/mol. The molecule has 7 nitrogen and oxygen atoms in total. The van der Waals surface area contributed by atoms with Crippen LogP contribution in [0.5, 0.6) is 5.75 Å². The van der Waals surface area contributed by atoms with Crippen LogP contribution < -0.4 is 10.1 Å². The molecule has 0 unspecified atom stereocenters.